The first kappa shape index (κ1) is 14.0. The molecule has 0 spiro atoms. The summed E-state index contributed by atoms with van der Waals surface area (Å²) < 4.78 is 1.84. The van der Waals surface area contributed by atoms with Gasteiger partial charge in [-0.3, -0.25) is 4.68 Å². The molecule has 0 fully saturated rings. The van der Waals surface area contributed by atoms with Gasteiger partial charge in [0.25, 0.3) is 0 Å². The van der Waals surface area contributed by atoms with Gasteiger partial charge in [0.05, 0.1) is 12.2 Å². The van der Waals surface area contributed by atoms with Crippen LogP contribution in [0.4, 0.5) is 0 Å². The Morgan fingerprint density at radius 2 is 2.05 bits per heavy atom. The van der Waals surface area contributed by atoms with Gasteiger partial charge >= 0.3 is 0 Å². The average Bonchev–Trinajstić information content (AvgIpc) is 3.13. The lowest BCUT2D eigenvalue weighted by Gasteiger charge is -2.18. The van der Waals surface area contributed by atoms with Crippen LogP contribution >= 0.6 is 11.3 Å². The summed E-state index contributed by atoms with van der Waals surface area (Å²) in [6, 6.07) is 13.3. The van der Waals surface area contributed by atoms with Crippen LogP contribution in [0.15, 0.2) is 54.2 Å². The Labute approximate surface area is 129 Å². The summed E-state index contributed by atoms with van der Waals surface area (Å²) in [5.41, 5.74) is 3.79. The van der Waals surface area contributed by atoms with Crippen molar-refractivity contribution in [3.63, 3.8) is 0 Å². The molecule has 0 saturated carbocycles. The second-order valence-corrected chi connectivity index (χ2v) is 6.24. The van der Waals surface area contributed by atoms with E-state index >= 15 is 0 Å². The van der Waals surface area contributed by atoms with Gasteiger partial charge in [0, 0.05) is 30.2 Å². The predicted octanol–water partition coefficient (Wildman–Crippen LogP) is 3.67. The van der Waals surface area contributed by atoms with Crippen LogP contribution in [0.1, 0.15) is 27.6 Å². The Morgan fingerprint density at radius 1 is 1.24 bits per heavy atom. The van der Waals surface area contributed by atoms with Gasteiger partial charge in [-0.25, -0.2) is 0 Å². The summed E-state index contributed by atoms with van der Waals surface area (Å²) in [6.07, 6.45) is 3.96. The van der Waals surface area contributed by atoms with Crippen LogP contribution in [0.2, 0.25) is 0 Å². The van der Waals surface area contributed by atoms with E-state index in [9.17, 15) is 0 Å². The number of nitrogens with zero attached hydrogens (tertiary/aromatic N) is 2. The van der Waals surface area contributed by atoms with E-state index in [1.807, 2.05) is 24.1 Å². The lowest BCUT2D eigenvalue weighted by molar-refractivity contribution is 0.612. The van der Waals surface area contributed by atoms with E-state index < -0.39 is 0 Å². The summed E-state index contributed by atoms with van der Waals surface area (Å²) in [7, 11) is 1.94. The highest BCUT2D eigenvalue weighted by atomic mass is 32.1. The molecule has 0 unspecified atom stereocenters. The monoisotopic (exact) mass is 297 g/mol. The third kappa shape index (κ3) is 3.40. The lowest BCUT2D eigenvalue weighted by atomic mass is 10.0. The van der Waals surface area contributed by atoms with Gasteiger partial charge in [-0.05, 0) is 23.9 Å². The molecule has 1 N–H and O–H groups in total. The van der Waals surface area contributed by atoms with E-state index in [0.717, 1.165) is 6.54 Å². The number of aromatic nitrogens is 2. The molecular formula is C17H19N3S. The maximum Gasteiger partial charge on any atom is 0.0673 e. The molecule has 4 heteroatoms. The first-order valence-corrected chi connectivity index (χ1v) is 7.91. The van der Waals surface area contributed by atoms with Crippen molar-refractivity contribution < 1.29 is 0 Å². The van der Waals surface area contributed by atoms with Crippen molar-refractivity contribution in [2.75, 3.05) is 0 Å². The third-order valence-electron chi connectivity index (χ3n) is 3.51. The Hall–Kier alpha value is -1.91. The fourth-order valence-electron chi connectivity index (χ4n) is 2.38. The summed E-state index contributed by atoms with van der Waals surface area (Å²) >= 11 is 1.79. The van der Waals surface area contributed by atoms with Crippen molar-refractivity contribution >= 4 is 11.3 Å². The van der Waals surface area contributed by atoms with E-state index in [4.69, 9.17) is 0 Å². The number of hydrogen-bond donors (Lipinski definition) is 1. The number of benzene rings is 1. The number of rotatable bonds is 5. The van der Waals surface area contributed by atoms with Crippen molar-refractivity contribution in [1.29, 1.82) is 0 Å². The zero-order chi connectivity index (χ0) is 14.7. The fourth-order valence-corrected chi connectivity index (χ4v) is 3.21. The molecule has 1 aromatic carbocycles. The highest BCUT2D eigenvalue weighted by Crippen LogP contribution is 2.26. The number of aryl methyl sites for hydroxylation is 2. The standard InChI is InChI=1S/C17H19N3S/c1-13-5-7-15(8-6-13)17(16-4-3-9-21-16)18-10-14-11-19-20(2)12-14/h3-9,11-12,17-18H,10H2,1-2H3/t17-/m1/s1. The Kier molecular flexibility index (Phi) is 4.18. The van der Waals surface area contributed by atoms with Gasteiger partial charge in [-0.15, -0.1) is 11.3 Å². The molecule has 0 saturated heterocycles. The van der Waals surface area contributed by atoms with Crippen LogP contribution in [-0.2, 0) is 13.6 Å². The van der Waals surface area contributed by atoms with Crippen LogP contribution in [0.3, 0.4) is 0 Å². The molecule has 3 rings (SSSR count). The zero-order valence-corrected chi connectivity index (χ0v) is 13.1. The van der Waals surface area contributed by atoms with Crippen molar-refractivity contribution in [1.82, 2.24) is 15.1 Å². The van der Waals surface area contributed by atoms with Gasteiger partial charge < -0.3 is 5.32 Å². The average molecular weight is 297 g/mol. The van der Waals surface area contributed by atoms with Crippen LogP contribution < -0.4 is 5.32 Å². The molecule has 2 aromatic heterocycles. The predicted molar refractivity (Wildman–Crippen MR) is 87.4 cm³/mol. The van der Waals surface area contributed by atoms with E-state index in [1.165, 1.54) is 21.6 Å². The third-order valence-corrected chi connectivity index (χ3v) is 4.44. The molecule has 3 aromatic rings. The highest BCUT2D eigenvalue weighted by molar-refractivity contribution is 7.10. The molecule has 0 radical (unpaired) electrons. The number of thiophene rings is 1. The largest absolute Gasteiger partial charge is 0.301 e. The molecule has 2 heterocycles. The van der Waals surface area contributed by atoms with Crippen LogP contribution in [0.5, 0.6) is 0 Å². The highest BCUT2D eigenvalue weighted by Gasteiger charge is 2.14. The van der Waals surface area contributed by atoms with Crippen molar-refractivity contribution in [3.8, 4) is 0 Å². The zero-order valence-electron chi connectivity index (χ0n) is 12.3. The molecule has 3 nitrogen and oxygen atoms in total. The van der Waals surface area contributed by atoms with Gasteiger partial charge in [-0.2, -0.15) is 5.10 Å². The SMILES string of the molecule is Cc1ccc([C@@H](NCc2cnn(C)c2)c2cccs2)cc1. The summed E-state index contributed by atoms with van der Waals surface area (Å²) in [5, 5.41) is 9.99. The van der Waals surface area contributed by atoms with Gasteiger partial charge in [0.15, 0.2) is 0 Å². The van der Waals surface area contributed by atoms with Gasteiger partial charge in [-0.1, -0.05) is 35.9 Å². The van der Waals surface area contributed by atoms with E-state index in [1.54, 1.807) is 11.3 Å². The Bertz CT molecular complexity index is 683. The number of hydrogen-bond acceptors (Lipinski definition) is 3. The summed E-state index contributed by atoms with van der Waals surface area (Å²) in [6.45, 7) is 2.93. The molecule has 0 aliphatic carbocycles. The second-order valence-electron chi connectivity index (χ2n) is 5.26. The molecule has 0 amide bonds. The minimum atomic E-state index is 0.228. The maximum atomic E-state index is 4.22. The van der Waals surface area contributed by atoms with Crippen molar-refractivity contribution in [3.05, 3.63) is 75.7 Å². The molecule has 0 aliphatic heterocycles. The topological polar surface area (TPSA) is 29.9 Å². The second kappa shape index (κ2) is 6.24. The first-order chi connectivity index (χ1) is 10.2. The molecule has 108 valence electrons. The van der Waals surface area contributed by atoms with Crippen LogP contribution in [-0.4, -0.2) is 9.78 Å². The quantitative estimate of drug-likeness (QED) is 0.778. The molecule has 0 bridgehead atoms. The smallest absolute Gasteiger partial charge is 0.0673 e. The molecule has 0 aliphatic rings. The van der Waals surface area contributed by atoms with Gasteiger partial charge in [0.2, 0.25) is 0 Å². The minimum Gasteiger partial charge on any atom is -0.301 e. The molecule has 1 atom stereocenters. The maximum absolute atomic E-state index is 4.22. The molecular weight excluding hydrogens is 278 g/mol. The van der Waals surface area contributed by atoms with Crippen LogP contribution in [0, 0.1) is 6.92 Å². The normalized spacial score (nSPS) is 12.5. The summed E-state index contributed by atoms with van der Waals surface area (Å²) in [4.78, 5) is 1.34. The van der Waals surface area contributed by atoms with E-state index in [2.05, 4.69) is 59.1 Å². The minimum absolute atomic E-state index is 0.228. The molecule has 21 heavy (non-hydrogen) atoms. The fraction of sp³-hybridized carbons (Fsp3) is 0.235. The van der Waals surface area contributed by atoms with Crippen LogP contribution in [0.25, 0.3) is 0 Å². The number of nitrogens with one attached hydrogen (secondary N) is 1. The lowest BCUT2D eigenvalue weighted by Crippen LogP contribution is -2.21. The van der Waals surface area contributed by atoms with Gasteiger partial charge in [0.1, 0.15) is 0 Å². The van der Waals surface area contributed by atoms with E-state index in [-0.39, 0.29) is 6.04 Å². The van der Waals surface area contributed by atoms with Crippen molar-refractivity contribution in [2.24, 2.45) is 7.05 Å². The van der Waals surface area contributed by atoms with Crippen molar-refractivity contribution in [2.45, 2.75) is 19.5 Å². The first-order valence-electron chi connectivity index (χ1n) is 7.03. The Balaban J connectivity index is 1.81. The van der Waals surface area contributed by atoms with E-state index in [0.29, 0.717) is 0 Å². The Morgan fingerprint density at radius 3 is 2.67 bits per heavy atom. The summed E-state index contributed by atoms with van der Waals surface area (Å²) in [5.74, 6) is 0.